The van der Waals surface area contributed by atoms with Crippen LogP contribution in [-0.2, 0) is 0 Å². The minimum atomic E-state index is 0.356. The standard InChI is InChI=1S/C12H23BrO/c13-11-9-7-5-3-1-2-4-6-8-10-12-14/h5,7,14H,1-4,6,8-12H2/b7-5+. The van der Waals surface area contributed by atoms with E-state index < -0.39 is 0 Å². The SMILES string of the molecule is OCCCCCCCC/C=C/CCBr. The molecule has 1 nitrogen and oxygen atoms in total. The molecule has 0 atom stereocenters. The first-order valence-corrected chi connectivity index (χ1v) is 6.85. The molecule has 0 spiro atoms. The van der Waals surface area contributed by atoms with Crippen LogP contribution in [0.3, 0.4) is 0 Å². The van der Waals surface area contributed by atoms with Crippen molar-refractivity contribution in [2.24, 2.45) is 0 Å². The topological polar surface area (TPSA) is 20.2 Å². The Labute approximate surface area is 96.7 Å². The molecule has 0 fully saturated rings. The van der Waals surface area contributed by atoms with E-state index in [-0.39, 0.29) is 0 Å². The first-order valence-electron chi connectivity index (χ1n) is 5.73. The predicted octanol–water partition coefficient (Wildman–Crippen LogP) is 4.05. The van der Waals surface area contributed by atoms with Crippen molar-refractivity contribution in [1.82, 2.24) is 0 Å². The molecule has 0 radical (unpaired) electrons. The van der Waals surface area contributed by atoms with Crippen LogP contribution in [0.5, 0.6) is 0 Å². The van der Waals surface area contributed by atoms with Gasteiger partial charge in [0.2, 0.25) is 0 Å². The highest BCUT2D eigenvalue weighted by Gasteiger charge is 1.89. The van der Waals surface area contributed by atoms with E-state index >= 15 is 0 Å². The van der Waals surface area contributed by atoms with Crippen molar-refractivity contribution in [3.05, 3.63) is 12.2 Å². The molecule has 0 amide bonds. The van der Waals surface area contributed by atoms with Gasteiger partial charge in [-0.25, -0.2) is 0 Å². The molecule has 84 valence electrons. The molecule has 0 saturated heterocycles. The fourth-order valence-corrected chi connectivity index (χ4v) is 1.64. The second-order valence-corrected chi connectivity index (χ2v) is 4.38. The minimum absolute atomic E-state index is 0.356. The summed E-state index contributed by atoms with van der Waals surface area (Å²) in [6.45, 7) is 0.356. The quantitative estimate of drug-likeness (QED) is 0.358. The van der Waals surface area contributed by atoms with Gasteiger partial charge >= 0.3 is 0 Å². The zero-order chi connectivity index (χ0) is 10.5. The molecule has 2 heteroatoms. The van der Waals surface area contributed by atoms with Gasteiger partial charge in [-0.2, -0.15) is 0 Å². The summed E-state index contributed by atoms with van der Waals surface area (Å²) in [6, 6.07) is 0. The molecule has 1 N–H and O–H groups in total. The molecule has 14 heavy (non-hydrogen) atoms. The Morgan fingerprint density at radius 2 is 1.36 bits per heavy atom. The molecule has 0 aromatic rings. The molecular formula is C12H23BrO. The van der Waals surface area contributed by atoms with E-state index in [0.717, 1.165) is 18.2 Å². The summed E-state index contributed by atoms with van der Waals surface area (Å²) >= 11 is 3.40. The number of unbranched alkanes of at least 4 members (excludes halogenated alkanes) is 6. The van der Waals surface area contributed by atoms with E-state index in [1.165, 1.54) is 38.5 Å². The lowest BCUT2D eigenvalue weighted by Crippen LogP contribution is -1.83. The average Bonchev–Trinajstić information content (AvgIpc) is 2.21. The maximum Gasteiger partial charge on any atom is 0.0431 e. The van der Waals surface area contributed by atoms with E-state index in [0.29, 0.717) is 6.61 Å². The minimum Gasteiger partial charge on any atom is -0.396 e. The van der Waals surface area contributed by atoms with Crippen LogP contribution in [0, 0.1) is 0 Å². The van der Waals surface area contributed by atoms with Gasteiger partial charge in [0.25, 0.3) is 0 Å². The molecule has 0 rings (SSSR count). The van der Waals surface area contributed by atoms with Gasteiger partial charge in [0.1, 0.15) is 0 Å². The van der Waals surface area contributed by atoms with E-state index in [1.54, 1.807) is 0 Å². The van der Waals surface area contributed by atoms with Crippen LogP contribution >= 0.6 is 15.9 Å². The lowest BCUT2D eigenvalue weighted by Gasteiger charge is -1.98. The second kappa shape index (κ2) is 13.2. The van der Waals surface area contributed by atoms with Gasteiger partial charge in [0.15, 0.2) is 0 Å². The Hall–Kier alpha value is 0.180. The Kier molecular flexibility index (Phi) is 13.3. The molecule has 0 aromatic carbocycles. The summed E-state index contributed by atoms with van der Waals surface area (Å²) in [5.41, 5.74) is 0. The number of rotatable bonds is 10. The van der Waals surface area contributed by atoms with Crippen LogP contribution in [0.2, 0.25) is 0 Å². The number of hydrogen-bond acceptors (Lipinski definition) is 1. The van der Waals surface area contributed by atoms with Crippen molar-refractivity contribution in [3.63, 3.8) is 0 Å². The Morgan fingerprint density at radius 1 is 0.786 bits per heavy atom. The lowest BCUT2D eigenvalue weighted by atomic mass is 10.1. The second-order valence-electron chi connectivity index (χ2n) is 3.58. The summed E-state index contributed by atoms with van der Waals surface area (Å²) in [4.78, 5) is 0. The van der Waals surface area contributed by atoms with Crippen molar-refractivity contribution in [1.29, 1.82) is 0 Å². The molecular weight excluding hydrogens is 240 g/mol. The van der Waals surface area contributed by atoms with Crippen molar-refractivity contribution < 1.29 is 5.11 Å². The van der Waals surface area contributed by atoms with Gasteiger partial charge < -0.3 is 5.11 Å². The first kappa shape index (κ1) is 14.2. The first-order chi connectivity index (χ1) is 6.91. The summed E-state index contributed by atoms with van der Waals surface area (Å²) in [5.74, 6) is 0. The van der Waals surface area contributed by atoms with Gasteiger partial charge in [-0.1, -0.05) is 53.8 Å². The largest absolute Gasteiger partial charge is 0.396 e. The normalized spacial score (nSPS) is 11.3. The molecule has 0 bridgehead atoms. The summed E-state index contributed by atoms with van der Waals surface area (Å²) in [5, 5.41) is 9.65. The third kappa shape index (κ3) is 12.2. The van der Waals surface area contributed by atoms with Crippen molar-refractivity contribution in [2.75, 3.05) is 11.9 Å². The number of aliphatic hydroxyl groups is 1. The number of hydrogen-bond donors (Lipinski definition) is 1. The van der Waals surface area contributed by atoms with Gasteiger partial charge in [0, 0.05) is 11.9 Å². The third-order valence-electron chi connectivity index (χ3n) is 2.22. The summed E-state index contributed by atoms with van der Waals surface area (Å²) < 4.78 is 0. The number of allylic oxidation sites excluding steroid dienone is 2. The Balaban J connectivity index is 2.91. The number of halogens is 1. The highest BCUT2D eigenvalue weighted by Crippen LogP contribution is 2.07. The number of aliphatic hydroxyl groups excluding tert-OH is 1. The van der Waals surface area contributed by atoms with Crippen LogP contribution in [0.1, 0.15) is 51.4 Å². The van der Waals surface area contributed by atoms with Crippen molar-refractivity contribution in [2.45, 2.75) is 51.4 Å². The maximum absolute atomic E-state index is 8.58. The molecule has 0 unspecified atom stereocenters. The van der Waals surface area contributed by atoms with Crippen LogP contribution < -0.4 is 0 Å². The van der Waals surface area contributed by atoms with Crippen molar-refractivity contribution in [3.8, 4) is 0 Å². The maximum atomic E-state index is 8.58. The van der Waals surface area contributed by atoms with Gasteiger partial charge in [-0.15, -0.1) is 0 Å². The smallest absolute Gasteiger partial charge is 0.0431 e. The predicted molar refractivity (Wildman–Crippen MR) is 67.0 cm³/mol. The van der Waals surface area contributed by atoms with Crippen molar-refractivity contribution >= 4 is 15.9 Å². The monoisotopic (exact) mass is 262 g/mol. The summed E-state index contributed by atoms with van der Waals surface area (Å²) in [6.07, 6.45) is 14.3. The van der Waals surface area contributed by atoms with E-state index in [1.807, 2.05) is 0 Å². The average molecular weight is 263 g/mol. The Bertz CT molecular complexity index is 123. The zero-order valence-electron chi connectivity index (χ0n) is 9.05. The third-order valence-corrected chi connectivity index (χ3v) is 2.68. The molecule has 0 aliphatic carbocycles. The fourth-order valence-electron chi connectivity index (χ4n) is 1.38. The lowest BCUT2D eigenvalue weighted by molar-refractivity contribution is 0.282. The molecule has 0 aliphatic rings. The van der Waals surface area contributed by atoms with E-state index in [9.17, 15) is 0 Å². The molecule has 0 saturated carbocycles. The van der Waals surface area contributed by atoms with Gasteiger partial charge in [0.05, 0.1) is 0 Å². The van der Waals surface area contributed by atoms with Crippen LogP contribution in [-0.4, -0.2) is 17.0 Å². The van der Waals surface area contributed by atoms with Crippen LogP contribution in [0.25, 0.3) is 0 Å². The van der Waals surface area contributed by atoms with E-state index in [4.69, 9.17) is 5.11 Å². The highest BCUT2D eigenvalue weighted by atomic mass is 79.9. The van der Waals surface area contributed by atoms with Gasteiger partial charge in [-0.05, 0) is 25.7 Å². The number of alkyl halides is 1. The summed E-state index contributed by atoms with van der Waals surface area (Å²) in [7, 11) is 0. The van der Waals surface area contributed by atoms with Crippen LogP contribution in [0.15, 0.2) is 12.2 Å². The van der Waals surface area contributed by atoms with E-state index in [2.05, 4.69) is 28.1 Å². The molecule has 0 heterocycles. The molecule has 0 aromatic heterocycles. The zero-order valence-corrected chi connectivity index (χ0v) is 10.6. The van der Waals surface area contributed by atoms with Crippen LogP contribution in [0.4, 0.5) is 0 Å². The molecule has 0 aliphatic heterocycles. The fraction of sp³-hybridized carbons (Fsp3) is 0.833. The van der Waals surface area contributed by atoms with Gasteiger partial charge in [-0.3, -0.25) is 0 Å². The highest BCUT2D eigenvalue weighted by molar-refractivity contribution is 9.09. The Morgan fingerprint density at radius 3 is 2.00 bits per heavy atom.